The van der Waals surface area contributed by atoms with Crippen LogP contribution in [-0.4, -0.2) is 65.5 Å². The largest absolute Gasteiger partial charge is 0.496 e. The third-order valence-electron chi connectivity index (χ3n) is 3.79. The average molecular weight is 439 g/mol. The van der Waals surface area contributed by atoms with Crippen LogP contribution in [0.5, 0.6) is 17.2 Å². The van der Waals surface area contributed by atoms with Crippen molar-refractivity contribution in [2.75, 3.05) is 20.8 Å². The number of nitrogens with one attached hydrogen (secondary N) is 1. The summed E-state index contributed by atoms with van der Waals surface area (Å²) >= 11 is 0.988. The van der Waals surface area contributed by atoms with E-state index in [0.29, 0.717) is 29.2 Å². The summed E-state index contributed by atoms with van der Waals surface area (Å²) < 4.78 is 16.2. The van der Waals surface area contributed by atoms with Crippen LogP contribution >= 0.6 is 11.8 Å². The molecule has 0 radical (unpaired) electrons. The van der Waals surface area contributed by atoms with E-state index in [1.54, 1.807) is 12.1 Å². The van der Waals surface area contributed by atoms with Crippen LogP contribution in [0.4, 0.5) is 0 Å². The highest BCUT2D eigenvalue weighted by molar-refractivity contribution is 8.15. The molecule has 0 spiro atoms. The third kappa shape index (κ3) is 6.65. The molecule has 1 heterocycles. The first-order valence-electron chi connectivity index (χ1n) is 8.75. The van der Waals surface area contributed by atoms with Crippen molar-refractivity contribution < 1.29 is 38.8 Å². The molecule has 0 saturated carbocycles. The van der Waals surface area contributed by atoms with E-state index >= 15 is 0 Å². The Bertz CT molecular complexity index is 846. The lowest BCUT2D eigenvalue weighted by atomic mass is 10.2. The quantitative estimate of drug-likeness (QED) is 0.263. The molecule has 1 aliphatic heterocycles. The minimum absolute atomic E-state index is 0.00121. The van der Waals surface area contributed by atoms with Gasteiger partial charge in [-0.2, -0.15) is 5.10 Å². The number of methoxy groups -OCH3 is 2. The first-order chi connectivity index (χ1) is 14.3. The average Bonchev–Trinajstić information content (AvgIpc) is 3.03. The summed E-state index contributed by atoms with van der Waals surface area (Å²) in [5, 5.41) is 27.2. The van der Waals surface area contributed by atoms with Gasteiger partial charge >= 0.3 is 11.9 Å². The van der Waals surface area contributed by atoms with E-state index in [1.165, 1.54) is 20.4 Å². The highest BCUT2D eigenvalue weighted by atomic mass is 32.2. The zero-order chi connectivity index (χ0) is 22.1. The van der Waals surface area contributed by atoms with Gasteiger partial charge in [0.15, 0.2) is 5.17 Å². The van der Waals surface area contributed by atoms with Gasteiger partial charge in [-0.15, -0.1) is 5.10 Å². The standard InChI is InChI=1S/C18H21N3O8S/c1-27-12-6-10(29-5-3-4-15(22)23)7-13(28-2)11(12)9-19-21-18-20-17(26)14(30-18)8-16(24)25/h6-7,9,14H,3-5,8H2,1-2H3,(H,22,23)(H,24,25)(H,20,21,26). The number of ether oxygens (including phenoxy) is 3. The Morgan fingerprint density at radius 1 is 1.20 bits per heavy atom. The van der Waals surface area contributed by atoms with E-state index in [1.807, 2.05) is 0 Å². The Kier molecular flexibility index (Phi) is 8.47. The number of hydrogen-bond donors (Lipinski definition) is 3. The van der Waals surface area contributed by atoms with Crippen LogP contribution in [0.15, 0.2) is 22.3 Å². The molecule has 11 nitrogen and oxygen atoms in total. The molecule has 1 aromatic rings. The number of carbonyl (C=O) groups is 3. The fourth-order valence-corrected chi connectivity index (χ4v) is 3.34. The number of hydrogen-bond acceptors (Lipinski definition) is 9. The third-order valence-corrected chi connectivity index (χ3v) is 4.87. The van der Waals surface area contributed by atoms with Crippen molar-refractivity contribution in [1.29, 1.82) is 0 Å². The van der Waals surface area contributed by atoms with E-state index < -0.39 is 23.1 Å². The van der Waals surface area contributed by atoms with Gasteiger partial charge in [-0.3, -0.25) is 14.4 Å². The van der Waals surface area contributed by atoms with E-state index in [2.05, 4.69) is 15.5 Å². The minimum atomic E-state index is -1.08. The second kappa shape index (κ2) is 11.0. The van der Waals surface area contributed by atoms with Crippen molar-refractivity contribution in [3.63, 3.8) is 0 Å². The Hall–Kier alpha value is -3.28. The molecule has 1 amide bonds. The van der Waals surface area contributed by atoms with Gasteiger partial charge in [0.2, 0.25) is 5.91 Å². The molecule has 162 valence electrons. The van der Waals surface area contributed by atoms with Gasteiger partial charge in [-0.25, -0.2) is 0 Å². The summed E-state index contributed by atoms with van der Waals surface area (Å²) in [5.74, 6) is -1.19. The van der Waals surface area contributed by atoms with E-state index in [0.717, 1.165) is 11.8 Å². The number of carboxylic acid groups (broad SMARTS) is 2. The number of thioether (sulfide) groups is 1. The molecule has 1 fully saturated rings. The summed E-state index contributed by atoms with van der Waals surface area (Å²) in [6, 6.07) is 3.21. The van der Waals surface area contributed by atoms with Crippen LogP contribution in [-0.2, 0) is 14.4 Å². The molecule has 1 aromatic carbocycles. The molecule has 1 unspecified atom stereocenters. The lowest BCUT2D eigenvalue weighted by Crippen LogP contribution is -2.26. The summed E-state index contributed by atoms with van der Waals surface area (Å²) in [6.45, 7) is 0.216. The fourth-order valence-electron chi connectivity index (χ4n) is 2.42. The molecule has 12 heteroatoms. The number of amides is 1. The van der Waals surface area contributed by atoms with Crippen molar-refractivity contribution in [2.24, 2.45) is 10.2 Å². The predicted octanol–water partition coefficient (Wildman–Crippen LogP) is 1.34. The monoisotopic (exact) mass is 439 g/mol. The lowest BCUT2D eigenvalue weighted by molar-refractivity contribution is -0.138. The Labute approximate surface area is 176 Å². The molecule has 30 heavy (non-hydrogen) atoms. The molecular weight excluding hydrogens is 418 g/mol. The maximum atomic E-state index is 11.7. The summed E-state index contributed by atoms with van der Waals surface area (Å²) in [4.78, 5) is 33.0. The van der Waals surface area contributed by atoms with Crippen LogP contribution in [0.25, 0.3) is 0 Å². The van der Waals surface area contributed by atoms with E-state index in [9.17, 15) is 14.4 Å². The van der Waals surface area contributed by atoms with Gasteiger partial charge in [-0.05, 0) is 6.42 Å². The molecule has 0 aliphatic carbocycles. The van der Waals surface area contributed by atoms with Crippen LogP contribution in [0, 0.1) is 0 Å². The number of benzene rings is 1. The molecule has 0 aromatic heterocycles. The smallest absolute Gasteiger partial charge is 0.305 e. The van der Waals surface area contributed by atoms with Gasteiger partial charge in [0.25, 0.3) is 0 Å². The zero-order valence-corrected chi connectivity index (χ0v) is 17.1. The van der Waals surface area contributed by atoms with E-state index in [4.69, 9.17) is 24.4 Å². The molecule has 1 aliphatic rings. The molecule has 2 rings (SSSR count). The highest BCUT2D eigenvalue weighted by Gasteiger charge is 2.32. The van der Waals surface area contributed by atoms with Gasteiger partial charge < -0.3 is 29.7 Å². The number of rotatable bonds is 11. The van der Waals surface area contributed by atoms with Gasteiger partial charge in [0.1, 0.15) is 22.5 Å². The second-order valence-electron chi connectivity index (χ2n) is 5.93. The molecule has 0 bridgehead atoms. The first-order valence-corrected chi connectivity index (χ1v) is 9.63. The van der Waals surface area contributed by atoms with Gasteiger partial charge in [0.05, 0.1) is 39.0 Å². The van der Waals surface area contributed by atoms with Crippen LogP contribution in [0.3, 0.4) is 0 Å². The second-order valence-corrected chi connectivity index (χ2v) is 7.12. The molecule has 3 N–H and O–H groups in total. The summed E-state index contributed by atoms with van der Waals surface area (Å²) in [7, 11) is 2.91. The normalized spacial score (nSPS) is 17.2. The number of carbonyl (C=O) groups excluding carboxylic acids is 1. The van der Waals surface area contributed by atoms with Crippen molar-refractivity contribution in [2.45, 2.75) is 24.5 Å². The number of carboxylic acids is 2. The Morgan fingerprint density at radius 2 is 1.87 bits per heavy atom. The SMILES string of the molecule is COc1cc(OCCCC(=O)O)cc(OC)c1C=NN=C1NC(=O)C(CC(=O)O)S1. The zero-order valence-electron chi connectivity index (χ0n) is 16.3. The number of nitrogens with zero attached hydrogens (tertiary/aromatic N) is 2. The molecular formula is C18H21N3O8S. The Balaban J connectivity index is 2.11. The van der Waals surface area contributed by atoms with Crippen LogP contribution < -0.4 is 19.5 Å². The molecule has 1 saturated heterocycles. The van der Waals surface area contributed by atoms with Gasteiger partial charge in [0, 0.05) is 18.6 Å². The van der Waals surface area contributed by atoms with Crippen LogP contribution in [0.2, 0.25) is 0 Å². The summed E-state index contributed by atoms with van der Waals surface area (Å²) in [6.07, 6.45) is 1.42. The fraction of sp³-hybridized carbons (Fsp3) is 0.389. The first kappa shape index (κ1) is 23.0. The minimum Gasteiger partial charge on any atom is -0.496 e. The summed E-state index contributed by atoms with van der Waals surface area (Å²) in [5.41, 5.74) is 0.471. The van der Waals surface area contributed by atoms with Crippen molar-refractivity contribution >= 4 is 41.0 Å². The topological polar surface area (TPSA) is 156 Å². The van der Waals surface area contributed by atoms with Crippen LogP contribution in [0.1, 0.15) is 24.8 Å². The number of amidine groups is 1. The lowest BCUT2D eigenvalue weighted by Gasteiger charge is -2.13. The molecule has 1 atom stereocenters. The van der Waals surface area contributed by atoms with Gasteiger partial charge in [-0.1, -0.05) is 11.8 Å². The van der Waals surface area contributed by atoms with Crippen molar-refractivity contribution in [3.8, 4) is 17.2 Å². The highest BCUT2D eigenvalue weighted by Crippen LogP contribution is 2.33. The van der Waals surface area contributed by atoms with E-state index in [-0.39, 0.29) is 24.6 Å². The maximum absolute atomic E-state index is 11.7. The van der Waals surface area contributed by atoms with Crippen molar-refractivity contribution in [1.82, 2.24) is 5.32 Å². The Morgan fingerprint density at radius 3 is 2.43 bits per heavy atom. The maximum Gasteiger partial charge on any atom is 0.305 e. The van der Waals surface area contributed by atoms with Crippen molar-refractivity contribution in [3.05, 3.63) is 17.7 Å². The number of aliphatic carboxylic acids is 2. The predicted molar refractivity (Wildman–Crippen MR) is 109 cm³/mol.